The molecule has 2 rings (SSSR count). The summed E-state index contributed by atoms with van der Waals surface area (Å²) in [5, 5.41) is 2.51. The van der Waals surface area contributed by atoms with Gasteiger partial charge in [-0.2, -0.15) is 0 Å². The van der Waals surface area contributed by atoms with Crippen LogP contribution in [0.1, 0.15) is 61.3 Å². The Morgan fingerprint density at radius 3 is 1.58 bits per heavy atom. The molecule has 0 unspecified atom stereocenters. The van der Waals surface area contributed by atoms with Gasteiger partial charge in [0.05, 0.1) is 13.2 Å². The van der Waals surface area contributed by atoms with Crippen LogP contribution in [0.2, 0.25) is 0 Å². The van der Waals surface area contributed by atoms with Crippen LogP contribution >= 0.6 is 12.2 Å². The molecule has 0 atom stereocenters. The molecule has 2 aromatic rings. The normalized spacial score (nSPS) is 10.6. The van der Waals surface area contributed by atoms with Gasteiger partial charge < -0.3 is 9.47 Å². The highest BCUT2D eigenvalue weighted by molar-refractivity contribution is 7.80. The maximum absolute atomic E-state index is 12.3. The van der Waals surface area contributed by atoms with E-state index in [-0.39, 0.29) is 11.0 Å². The zero-order valence-corrected chi connectivity index (χ0v) is 20.5. The average Bonchev–Trinajstić information content (AvgIpc) is 2.78. The van der Waals surface area contributed by atoms with Crippen molar-refractivity contribution in [1.29, 1.82) is 0 Å². The zero-order valence-electron chi connectivity index (χ0n) is 19.6. The highest BCUT2D eigenvalue weighted by Gasteiger charge is 2.10. The van der Waals surface area contributed by atoms with E-state index in [9.17, 15) is 9.59 Å². The molecule has 0 aromatic heterocycles. The Labute approximate surface area is 201 Å². The molecule has 0 saturated carbocycles. The van der Waals surface area contributed by atoms with Gasteiger partial charge in [-0.15, -0.1) is 0 Å². The minimum absolute atomic E-state index is 0.0146. The molecule has 0 aliphatic carbocycles. The van der Waals surface area contributed by atoms with Crippen LogP contribution in [0.5, 0.6) is 11.5 Å². The Morgan fingerprint density at radius 2 is 1.15 bits per heavy atom. The molecule has 0 radical (unpaired) electrons. The Bertz CT molecular complexity index is 912. The van der Waals surface area contributed by atoms with Gasteiger partial charge in [0.2, 0.25) is 0 Å². The number of benzene rings is 2. The van der Waals surface area contributed by atoms with E-state index >= 15 is 0 Å². The number of rotatable bonds is 10. The van der Waals surface area contributed by atoms with E-state index in [1.54, 1.807) is 48.5 Å². The predicted molar refractivity (Wildman–Crippen MR) is 133 cm³/mol. The Kier molecular flexibility index (Phi) is 10.6. The van der Waals surface area contributed by atoms with E-state index < -0.39 is 5.91 Å². The first-order valence-electron chi connectivity index (χ1n) is 11.1. The van der Waals surface area contributed by atoms with Crippen LogP contribution in [-0.4, -0.2) is 30.1 Å². The lowest BCUT2D eigenvalue weighted by molar-refractivity contribution is 0.0934. The molecule has 7 nitrogen and oxygen atoms in total. The summed E-state index contributed by atoms with van der Waals surface area (Å²) < 4.78 is 11.3. The molecule has 33 heavy (non-hydrogen) atoms. The van der Waals surface area contributed by atoms with Gasteiger partial charge in [-0.25, -0.2) is 0 Å². The van der Waals surface area contributed by atoms with Crippen molar-refractivity contribution in [3.05, 3.63) is 59.7 Å². The third-order valence-electron chi connectivity index (χ3n) is 4.68. The van der Waals surface area contributed by atoms with Gasteiger partial charge in [-0.3, -0.25) is 25.8 Å². The van der Waals surface area contributed by atoms with Crippen LogP contribution in [0.4, 0.5) is 0 Å². The molecule has 0 saturated heterocycles. The molecular weight excluding hydrogens is 438 g/mol. The van der Waals surface area contributed by atoms with Crippen molar-refractivity contribution in [2.45, 2.75) is 40.5 Å². The molecule has 0 bridgehead atoms. The summed E-state index contributed by atoms with van der Waals surface area (Å²) in [5.74, 6) is 1.77. The second-order valence-electron chi connectivity index (χ2n) is 8.47. The van der Waals surface area contributed by atoms with Crippen molar-refractivity contribution in [2.75, 3.05) is 13.2 Å². The van der Waals surface area contributed by atoms with Crippen LogP contribution < -0.4 is 25.6 Å². The van der Waals surface area contributed by atoms with Crippen LogP contribution in [0.3, 0.4) is 0 Å². The molecule has 3 N–H and O–H groups in total. The molecule has 0 aliphatic heterocycles. The molecule has 2 aromatic carbocycles. The van der Waals surface area contributed by atoms with Gasteiger partial charge in [0.15, 0.2) is 5.11 Å². The fourth-order valence-corrected chi connectivity index (χ4v) is 2.77. The minimum atomic E-state index is -0.390. The highest BCUT2D eigenvalue weighted by Crippen LogP contribution is 2.14. The van der Waals surface area contributed by atoms with Crippen molar-refractivity contribution in [1.82, 2.24) is 16.2 Å². The Morgan fingerprint density at radius 1 is 0.727 bits per heavy atom. The van der Waals surface area contributed by atoms with Gasteiger partial charge in [0.25, 0.3) is 11.8 Å². The quantitative estimate of drug-likeness (QED) is 0.350. The number of ether oxygens (including phenoxy) is 2. The predicted octanol–water partition coefficient (Wildman–Crippen LogP) is 4.49. The number of thiocarbonyl (C=S) groups is 1. The Balaban J connectivity index is 1.75. The molecule has 0 fully saturated rings. The number of hydrogen-bond donors (Lipinski definition) is 3. The molecule has 0 aliphatic rings. The van der Waals surface area contributed by atoms with Crippen molar-refractivity contribution >= 4 is 29.1 Å². The van der Waals surface area contributed by atoms with E-state index in [2.05, 4.69) is 43.9 Å². The minimum Gasteiger partial charge on any atom is -0.494 e. The standard InChI is InChI=1S/C25H33N3O4S/c1-17(2)13-15-31-21-9-5-19(6-10-21)23(29)26-25(33)28-27-24(30)20-7-11-22(12-8-20)32-16-14-18(3)4/h5-12,17-18H,13-16H2,1-4H3,(H,27,30)(H2,26,28,29,33). The maximum Gasteiger partial charge on any atom is 0.269 e. The smallest absolute Gasteiger partial charge is 0.269 e. The number of carbonyl (C=O) groups excluding carboxylic acids is 2. The summed E-state index contributed by atoms with van der Waals surface area (Å²) in [4.78, 5) is 24.6. The van der Waals surface area contributed by atoms with E-state index in [4.69, 9.17) is 21.7 Å². The fourth-order valence-electron chi connectivity index (χ4n) is 2.62. The molecule has 0 spiro atoms. The first-order chi connectivity index (χ1) is 15.7. The number of hydrazine groups is 1. The SMILES string of the molecule is CC(C)CCOc1ccc(C(=O)NNC(=S)NC(=O)c2ccc(OCCC(C)C)cc2)cc1. The van der Waals surface area contributed by atoms with Gasteiger partial charge in [-0.1, -0.05) is 27.7 Å². The van der Waals surface area contributed by atoms with Gasteiger partial charge >= 0.3 is 0 Å². The molecule has 178 valence electrons. The fraction of sp³-hybridized carbons (Fsp3) is 0.400. The molecule has 8 heteroatoms. The van der Waals surface area contributed by atoms with E-state index in [0.29, 0.717) is 47.7 Å². The lowest BCUT2D eigenvalue weighted by Crippen LogP contribution is -2.48. The second kappa shape index (κ2) is 13.4. The van der Waals surface area contributed by atoms with Gasteiger partial charge in [-0.05, 0) is 85.4 Å². The van der Waals surface area contributed by atoms with E-state index in [0.717, 1.165) is 12.8 Å². The van der Waals surface area contributed by atoms with E-state index in [1.807, 2.05) is 0 Å². The highest BCUT2D eigenvalue weighted by atomic mass is 32.1. The summed E-state index contributed by atoms with van der Waals surface area (Å²) in [5.41, 5.74) is 5.86. The summed E-state index contributed by atoms with van der Waals surface area (Å²) in [6, 6.07) is 13.6. The van der Waals surface area contributed by atoms with Gasteiger partial charge in [0.1, 0.15) is 11.5 Å². The third-order valence-corrected chi connectivity index (χ3v) is 4.88. The number of amides is 2. The first kappa shape index (κ1) is 26.1. The topological polar surface area (TPSA) is 88.7 Å². The largest absolute Gasteiger partial charge is 0.494 e. The average molecular weight is 472 g/mol. The maximum atomic E-state index is 12.3. The van der Waals surface area contributed by atoms with Crippen molar-refractivity contribution in [3.8, 4) is 11.5 Å². The number of hydrogen-bond acceptors (Lipinski definition) is 5. The summed E-state index contributed by atoms with van der Waals surface area (Å²) in [6.07, 6.45) is 1.93. The lowest BCUT2D eigenvalue weighted by atomic mass is 10.1. The lowest BCUT2D eigenvalue weighted by Gasteiger charge is -2.12. The summed E-state index contributed by atoms with van der Waals surface area (Å²) in [7, 11) is 0. The van der Waals surface area contributed by atoms with Crippen LogP contribution in [0.15, 0.2) is 48.5 Å². The van der Waals surface area contributed by atoms with Crippen molar-refractivity contribution < 1.29 is 19.1 Å². The summed E-state index contributed by atoms with van der Waals surface area (Å²) in [6.45, 7) is 9.80. The first-order valence-corrected chi connectivity index (χ1v) is 11.5. The zero-order chi connectivity index (χ0) is 24.2. The number of nitrogens with one attached hydrogen (secondary N) is 3. The molecular formula is C25H33N3O4S. The summed E-state index contributed by atoms with van der Waals surface area (Å²) >= 11 is 5.09. The van der Waals surface area contributed by atoms with Crippen LogP contribution in [0.25, 0.3) is 0 Å². The monoisotopic (exact) mass is 471 g/mol. The molecule has 0 heterocycles. The van der Waals surface area contributed by atoms with E-state index in [1.165, 1.54) is 0 Å². The van der Waals surface area contributed by atoms with Crippen molar-refractivity contribution in [3.63, 3.8) is 0 Å². The van der Waals surface area contributed by atoms with Crippen molar-refractivity contribution in [2.24, 2.45) is 11.8 Å². The molecule has 2 amide bonds. The Hall–Kier alpha value is -3.13. The van der Waals surface area contributed by atoms with Crippen LogP contribution in [0, 0.1) is 11.8 Å². The van der Waals surface area contributed by atoms with Gasteiger partial charge in [0, 0.05) is 11.1 Å². The second-order valence-corrected chi connectivity index (χ2v) is 8.88. The third kappa shape index (κ3) is 9.91. The number of carbonyl (C=O) groups is 2. The van der Waals surface area contributed by atoms with Crippen LogP contribution in [-0.2, 0) is 0 Å².